The number of carbonyl (C=O) groups excluding carboxylic acids is 1. The predicted molar refractivity (Wildman–Crippen MR) is 117 cm³/mol. The molecule has 0 aliphatic heterocycles. The zero-order chi connectivity index (χ0) is 21.9. The largest absolute Gasteiger partial charge is 0.482 e. The van der Waals surface area contributed by atoms with Crippen LogP contribution in [0.4, 0.5) is 0 Å². The van der Waals surface area contributed by atoms with Gasteiger partial charge in [-0.2, -0.15) is 8.42 Å². The Hall–Kier alpha value is -1.25. The van der Waals surface area contributed by atoms with E-state index in [0.717, 1.165) is 48.2 Å². The fraction of sp³-hybridized carbons (Fsp3) is 0.667. The minimum absolute atomic E-state index is 0.111. The Morgan fingerprint density at radius 3 is 2.31 bits per heavy atom. The average molecular weight is 447 g/mol. The third-order valence-electron chi connectivity index (χ3n) is 4.48. The molecule has 0 N–H and O–H groups in total. The van der Waals surface area contributed by atoms with Crippen molar-refractivity contribution in [2.24, 2.45) is 5.41 Å². The van der Waals surface area contributed by atoms with Crippen LogP contribution in [0.5, 0.6) is 5.75 Å². The van der Waals surface area contributed by atoms with Gasteiger partial charge in [0.2, 0.25) is 0 Å². The fourth-order valence-electron chi connectivity index (χ4n) is 3.20. The van der Waals surface area contributed by atoms with Gasteiger partial charge in [-0.15, -0.1) is 11.8 Å². The number of hydrogen-bond donors (Lipinski definition) is 0. The molecule has 1 aromatic rings. The van der Waals surface area contributed by atoms with Crippen molar-refractivity contribution in [3.63, 3.8) is 0 Å². The Bertz CT molecular complexity index is 740. The molecule has 0 aromatic heterocycles. The molecule has 0 heterocycles. The number of ether oxygens (including phenoxy) is 2. The van der Waals surface area contributed by atoms with E-state index in [1.165, 1.54) is 0 Å². The monoisotopic (exact) mass is 446 g/mol. The molecule has 0 unspecified atom stereocenters. The molecule has 0 saturated carbocycles. The first-order valence-corrected chi connectivity index (χ1v) is 12.8. The lowest BCUT2D eigenvalue weighted by atomic mass is 9.82. The van der Waals surface area contributed by atoms with Crippen molar-refractivity contribution in [1.29, 1.82) is 0 Å². The van der Waals surface area contributed by atoms with Crippen LogP contribution in [-0.2, 0) is 23.8 Å². The van der Waals surface area contributed by atoms with Gasteiger partial charge in [-0.05, 0) is 50.5 Å². The van der Waals surface area contributed by atoms with Gasteiger partial charge < -0.3 is 9.47 Å². The Labute approximate surface area is 179 Å². The molecule has 6 nitrogen and oxygen atoms in total. The lowest BCUT2D eigenvalue weighted by molar-refractivity contribution is -0.145. The summed E-state index contributed by atoms with van der Waals surface area (Å²) in [5, 5.41) is 0. The molecule has 0 spiro atoms. The molecule has 8 heteroatoms. The van der Waals surface area contributed by atoms with Gasteiger partial charge in [-0.3, -0.25) is 4.18 Å². The molecule has 0 aliphatic carbocycles. The Kier molecular flexibility index (Phi) is 11.1. The lowest BCUT2D eigenvalue weighted by Gasteiger charge is -2.32. The first-order chi connectivity index (χ1) is 13.6. The van der Waals surface area contributed by atoms with Gasteiger partial charge in [-0.1, -0.05) is 26.7 Å². The summed E-state index contributed by atoms with van der Waals surface area (Å²) in [7, 11) is -3.47. The summed E-state index contributed by atoms with van der Waals surface area (Å²) in [5.41, 5.74) is 0.743. The van der Waals surface area contributed by atoms with E-state index in [2.05, 4.69) is 13.8 Å². The molecule has 1 aromatic carbocycles. The fourth-order valence-corrected chi connectivity index (χ4v) is 4.93. The molecule has 0 saturated heterocycles. The molecule has 0 radical (unpaired) electrons. The molecule has 0 amide bonds. The van der Waals surface area contributed by atoms with Gasteiger partial charge in [0.25, 0.3) is 10.1 Å². The second kappa shape index (κ2) is 12.4. The third kappa shape index (κ3) is 9.87. The minimum Gasteiger partial charge on any atom is -0.482 e. The molecule has 1 rings (SSSR count). The molecule has 0 aliphatic rings. The highest BCUT2D eigenvalue weighted by molar-refractivity contribution is 7.99. The number of esters is 1. The summed E-state index contributed by atoms with van der Waals surface area (Å²) in [4.78, 5) is 12.5. The highest BCUT2D eigenvalue weighted by atomic mass is 32.2. The Morgan fingerprint density at radius 1 is 1.14 bits per heavy atom. The number of hydrogen-bond acceptors (Lipinski definition) is 7. The van der Waals surface area contributed by atoms with Crippen molar-refractivity contribution in [1.82, 2.24) is 0 Å². The first kappa shape index (κ1) is 25.8. The summed E-state index contributed by atoms with van der Waals surface area (Å²) in [6, 6.07) is 5.83. The molecule has 0 atom stereocenters. The molecule has 166 valence electrons. The number of benzene rings is 1. The van der Waals surface area contributed by atoms with E-state index in [9.17, 15) is 13.2 Å². The van der Waals surface area contributed by atoms with E-state index < -0.39 is 10.1 Å². The summed E-state index contributed by atoms with van der Waals surface area (Å²) >= 11 is 1.69. The van der Waals surface area contributed by atoms with E-state index in [1.807, 2.05) is 25.1 Å². The van der Waals surface area contributed by atoms with E-state index in [0.29, 0.717) is 12.4 Å². The molecule has 0 fully saturated rings. The number of rotatable bonds is 14. The van der Waals surface area contributed by atoms with Crippen LogP contribution < -0.4 is 4.74 Å². The molecular formula is C21H34O6S2. The number of thioether (sulfide) groups is 1. The average Bonchev–Trinajstić information content (AvgIpc) is 2.64. The van der Waals surface area contributed by atoms with Crippen LogP contribution in [0, 0.1) is 12.3 Å². The van der Waals surface area contributed by atoms with E-state index in [-0.39, 0.29) is 24.6 Å². The van der Waals surface area contributed by atoms with Gasteiger partial charge in [-0.25, -0.2) is 4.79 Å². The minimum atomic E-state index is -3.47. The van der Waals surface area contributed by atoms with E-state index in [4.69, 9.17) is 13.7 Å². The summed E-state index contributed by atoms with van der Waals surface area (Å²) < 4.78 is 38.6. The van der Waals surface area contributed by atoms with Gasteiger partial charge in [0.1, 0.15) is 5.75 Å². The summed E-state index contributed by atoms with van der Waals surface area (Å²) in [5.74, 6) is 1.03. The number of aryl methyl sites for hydroxylation is 1. The van der Waals surface area contributed by atoms with Gasteiger partial charge >= 0.3 is 5.97 Å². The van der Waals surface area contributed by atoms with Crippen LogP contribution in [0.2, 0.25) is 0 Å². The van der Waals surface area contributed by atoms with Crippen LogP contribution in [0.25, 0.3) is 0 Å². The maximum Gasteiger partial charge on any atom is 0.344 e. The normalized spacial score (nSPS) is 12.0. The van der Waals surface area contributed by atoms with Crippen LogP contribution >= 0.6 is 11.8 Å². The van der Waals surface area contributed by atoms with Crippen molar-refractivity contribution in [2.75, 3.05) is 31.8 Å². The topological polar surface area (TPSA) is 78.9 Å². The SMILES string of the molecule is CCCC(CCC)(COS(C)(=O)=O)CSc1ccc(OCC(=O)OCC)c(C)c1. The first-order valence-electron chi connectivity index (χ1n) is 10.0. The highest BCUT2D eigenvalue weighted by Gasteiger charge is 2.30. The lowest BCUT2D eigenvalue weighted by Crippen LogP contribution is -2.31. The highest BCUT2D eigenvalue weighted by Crippen LogP contribution is 2.38. The molecular weight excluding hydrogens is 412 g/mol. The van der Waals surface area contributed by atoms with Crippen LogP contribution in [0.15, 0.2) is 23.1 Å². The Morgan fingerprint density at radius 2 is 1.79 bits per heavy atom. The van der Waals surface area contributed by atoms with Crippen molar-refractivity contribution in [3.05, 3.63) is 23.8 Å². The molecule has 0 bridgehead atoms. The zero-order valence-electron chi connectivity index (χ0n) is 18.2. The smallest absolute Gasteiger partial charge is 0.344 e. The van der Waals surface area contributed by atoms with Gasteiger partial charge in [0.15, 0.2) is 6.61 Å². The second-order valence-electron chi connectivity index (χ2n) is 7.28. The van der Waals surface area contributed by atoms with Crippen LogP contribution in [0.1, 0.15) is 52.0 Å². The van der Waals surface area contributed by atoms with Gasteiger partial charge in [0, 0.05) is 16.1 Å². The maximum atomic E-state index is 11.5. The van der Waals surface area contributed by atoms with Crippen LogP contribution in [-0.4, -0.2) is 46.2 Å². The van der Waals surface area contributed by atoms with Crippen molar-refractivity contribution in [2.45, 2.75) is 58.3 Å². The predicted octanol–water partition coefficient (Wildman–Crippen LogP) is 4.59. The summed E-state index contributed by atoms with van der Waals surface area (Å²) in [6.45, 7) is 8.33. The molecule has 29 heavy (non-hydrogen) atoms. The van der Waals surface area contributed by atoms with Crippen molar-refractivity contribution >= 4 is 27.8 Å². The van der Waals surface area contributed by atoms with E-state index in [1.54, 1.807) is 18.7 Å². The second-order valence-corrected chi connectivity index (χ2v) is 9.97. The quantitative estimate of drug-likeness (QED) is 0.235. The van der Waals surface area contributed by atoms with E-state index >= 15 is 0 Å². The summed E-state index contributed by atoms with van der Waals surface area (Å²) in [6.07, 6.45) is 4.84. The standard InChI is InChI=1S/C21H34O6S2/c1-6-11-21(12-7-2,15-27-29(5,23)24)16-28-18-9-10-19(17(4)13-18)26-14-20(22)25-8-3/h9-10,13H,6-8,11-12,14-16H2,1-5H3. The number of carbonyl (C=O) groups is 1. The zero-order valence-corrected chi connectivity index (χ0v) is 19.8. The maximum absolute atomic E-state index is 11.5. The van der Waals surface area contributed by atoms with Gasteiger partial charge in [0.05, 0.1) is 19.5 Å². The van der Waals surface area contributed by atoms with Crippen LogP contribution in [0.3, 0.4) is 0 Å². The van der Waals surface area contributed by atoms with Crippen molar-refractivity contribution < 1.29 is 26.9 Å². The van der Waals surface area contributed by atoms with Crippen molar-refractivity contribution in [3.8, 4) is 5.75 Å². The Balaban J connectivity index is 2.82. The third-order valence-corrected chi connectivity index (χ3v) is 6.37.